The molecule has 0 unspecified atom stereocenters. The summed E-state index contributed by atoms with van der Waals surface area (Å²) in [7, 11) is 0. The topological polar surface area (TPSA) is 155 Å². The number of ether oxygens (including phenoxy) is 1. The normalized spacial score (nSPS) is 16.2. The van der Waals surface area contributed by atoms with E-state index in [1.807, 2.05) is 0 Å². The van der Waals surface area contributed by atoms with Gasteiger partial charge < -0.3 is 25.6 Å². The van der Waals surface area contributed by atoms with E-state index in [1.54, 1.807) is 0 Å². The van der Waals surface area contributed by atoms with Crippen LogP contribution < -0.4 is 15.4 Å². The lowest BCUT2D eigenvalue weighted by atomic mass is 10.0. The second-order valence-corrected chi connectivity index (χ2v) is 9.19. The molecule has 2 aromatic heterocycles. The number of aromatic carboxylic acids is 1. The maximum absolute atomic E-state index is 14.4. The molecule has 0 aliphatic heterocycles. The van der Waals surface area contributed by atoms with E-state index in [1.165, 1.54) is 18.2 Å². The van der Waals surface area contributed by atoms with Gasteiger partial charge in [0.25, 0.3) is 11.8 Å². The Morgan fingerprint density at radius 2 is 1.81 bits per heavy atom. The summed E-state index contributed by atoms with van der Waals surface area (Å²) in [5.41, 5.74) is -0.311. The van der Waals surface area contributed by atoms with Crippen LogP contribution in [-0.4, -0.2) is 55.1 Å². The number of carboxylic acid groups (broad SMARTS) is 1. The van der Waals surface area contributed by atoms with Crippen molar-refractivity contribution in [2.75, 3.05) is 0 Å². The minimum atomic E-state index is -5.15. The molecule has 218 valence electrons. The number of fused-ring (bicyclic) bond motifs is 2. The molecule has 11 nitrogen and oxygen atoms in total. The molecule has 0 fully saturated rings. The highest BCUT2D eigenvalue weighted by Gasteiger charge is 2.34. The molecule has 0 saturated heterocycles. The number of carboxylic acids is 1. The number of amides is 2. The molecule has 2 atom stereocenters. The first-order valence-corrected chi connectivity index (χ1v) is 12.0. The Hall–Kier alpha value is -5.12. The van der Waals surface area contributed by atoms with Gasteiger partial charge >= 0.3 is 12.3 Å². The Bertz CT molecular complexity index is 1740. The number of rotatable bonds is 7. The number of hydrogen-bond acceptors (Lipinski definition) is 7. The molecule has 0 bridgehead atoms. The van der Waals surface area contributed by atoms with Crippen molar-refractivity contribution in [1.29, 1.82) is 0 Å². The van der Waals surface area contributed by atoms with Gasteiger partial charge in [0.05, 0.1) is 23.9 Å². The number of halogens is 5. The van der Waals surface area contributed by atoms with Crippen LogP contribution in [-0.2, 0) is 13.0 Å². The summed E-state index contributed by atoms with van der Waals surface area (Å²) in [6.07, 6.45) is -5.46. The van der Waals surface area contributed by atoms with Crippen molar-refractivity contribution in [3.63, 3.8) is 0 Å². The zero-order valence-electron chi connectivity index (χ0n) is 20.9. The average molecular weight is 591 g/mol. The van der Waals surface area contributed by atoms with Crippen molar-refractivity contribution in [1.82, 2.24) is 25.2 Å². The first-order valence-electron chi connectivity index (χ1n) is 12.0. The van der Waals surface area contributed by atoms with Crippen LogP contribution in [0.25, 0.3) is 5.65 Å². The predicted molar refractivity (Wildman–Crippen MR) is 131 cm³/mol. The maximum atomic E-state index is 14.4. The third kappa shape index (κ3) is 5.69. The zero-order valence-corrected chi connectivity index (χ0v) is 20.9. The van der Waals surface area contributed by atoms with Crippen molar-refractivity contribution in [2.24, 2.45) is 0 Å². The molecule has 0 saturated carbocycles. The van der Waals surface area contributed by atoms with Gasteiger partial charge in [0, 0.05) is 19.0 Å². The van der Waals surface area contributed by atoms with Gasteiger partial charge in [0.1, 0.15) is 11.4 Å². The van der Waals surface area contributed by atoms with E-state index in [9.17, 15) is 46.5 Å². The van der Waals surface area contributed by atoms with Crippen molar-refractivity contribution in [2.45, 2.75) is 31.5 Å². The molecule has 16 heteroatoms. The first-order chi connectivity index (χ1) is 19.8. The number of nitrogens with zero attached hydrogens (tertiary/aromatic N) is 3. The van der Waals surface area contributed by atoms with Crippen LogP contribution in [0.5, 0.6) is 5.75 Å². The number of benzene rings is 2. The average Bonchev–Trinajstić information content (AvgIpc) is 3.45. The monoisotopic (exact) mass is 591 g/mol. The zero-order chi connectivity index (χ0) is 30.3. The van der Waals surface area contributed by atoms with Gasteiger partial charge in [-0.1, -0.05) is 12.1 Å². The smallest absolute Gasteiger partial charge is 0.478 e. The number of alkyl halides is 3. The number of aliphatic hydroxyl groups is 1. The predicted octanol–water partition coefficient (Wildman–Crippen LogP) is 2.92. The summed E-state index contributed by atoms with van der Waals surface area (Å²) in [6, 6.07) is 6.72. The van der Waals surface area contributed by atoms with E-state index < -0.39 is 71.6 Å². The lowest BCUT2D eigenvalue weighted by Crippen LogP contribution is -2.35. The number of aromatic nitrogens is 3. The van der Waals surface area contributed by atoms with Crippen LogP contribution in [0.15, 0.2) is 48.7 Å². The lowest BCUT2D eigenvalue weighted by Gasteiger charge is -2.18. The first kappa shape index (κ1) is 28.4. The van der Waals surface area contributed by atoms with Crippen LogP contribution in [0.2, 0.25) is 0 Å². The van der Waals surface area contributed by atoms with Gasteiger partial charge in [-0.05, 0) is 41.0 Å². The molecule has 4 aromatic rings. The van der Waals surface area contributed by atoms with E-state index in [-0.39, 0.29) is 23.2 Å². The molecule has 2 amide bonds. The summed E-state index contributed by atoms with van der Waals surface area (Å²) in [5, 5.41) is 28.5. The highest BCUT2D eigenvalue weighted by molar-refractivity contribution is 5.98. The van der Waals surface area contributed by atoms with Crippen molar-refractivity contribution in [3.05, 3.63) is 93.9 Å². The lowest BCUT2D eigenvalue weighted by molar-refractivity contribution is -0.275. The highest BCUT2D eigenvalue weighted by Crippen LogP contribution is 2.33. The van der Waals surface area contributed by atoms with Gasteiger partial charge in [0.2, 0.25) is 0 Å². The summed E-state index contributed by atoms with van der Waals surface area (Å²) in [6.45, 7) is -0.410. The molecule has 4 N–H and O–H groups in total. The minimum absolute atomic E-state index is 0.00354. The van der Waals surface area contributed by atoms with Crippen LogP contribution >= 0.6 is 0 Å². The third-order valence-corrected chi connectivity index (χ3v) is 6.39. The van der Waals surface area contributed by atoms with Crippen LogP contribution in [0.4, 0.5) is 22.0 Å². The Kier molecular flexibility index (Phi) is 7.24. The second-order valence-electron chi connectivity index (χ2n) is 9.19. The van der Waals surface area contributed by atoms with E-state index in [4.69, 9.17) is 0 Å². The Morgan fingerprint density at radius 1 is 1.05 bits per heavy atom. The number of hydrogen-bond donors (Lipinski definition) is 4. The standard InChI is InChI=1S/C26H18F5N5O6/c27-15-4-1-11(5-20(15)42-26(29,30)31)9-32-23(38)17-8-18(36-22(34-17)16(28)10-33-36)24(39)35-21-14-3-2-12(25(40)41)6-13(14)7-19(21)37/h1-6,8,10,19,21,37H,7,9H2,(H,32,38)(H,35,39)(H,40,41)/t19-,21+/m0/s1. The van der Waals surface area contributed by atoms with E-state index in [0.29, 0.717) is 11.1 Å². The fourth-order valence-corrected chi connectivity index (χ4v) is 4.51. The molecule has 0 radical (unpaired) electrons. The summed E-state index contributed by atoms with van der Waals surface area (Å²) in [4.78, 5) is 41.3. The fraction of sp³-hybridized carbons (Fsp3) is 0.192. The molecule has 42 heavy (non-hydrogen) atoms. The summed E-state index contributed by atoms with van der Waals surface area (Å²) in [5.74, 6) is -6.37. The molecule has 1 aliphatic rings. The second kappa shape index (κ2) is 10.7. The SMILES string of the molecule is O=C(O)c1ccc2c(c1)C[C@H](O)[C@@H]2NC(=O)c1cc(C(=O)NCc2ccc(F)c(OC(F)(F)F)c2)nc2c(F)cnn12. The van der Waals surface area contributed by atoms with Gasteiger partial charge in [-0.3, -0.25) is 9.59 Å². The number of carbonyl (C=O) groups is 3. The molecule has 2 aromatic carbocycles. The Balaban J connectivity index is 1.38. The van der Waals surface area contributed by atoms with E-state index in [2.05, 4.69) is 25.5 Å². The highest BCUT2D eigenvalue weighted by atomic mass is 19.4. The molecule has 2 heterocycles. The number of nitrogens with one attached hydrogen (secondary N) is 2. The van der Waals surface area contributed by atoms with Crippen molar-refractivity contribution >= 4 is 23.4 Å². The van der Waals surface area contributed by atoms with Gasteiger partial charge in [0.15, 0.2) is 23.0 Å². The molecule has 0 spiro atoms. The van der Waals surface area contributed by atoms with Gasteiger partial charge in [-0.2, -0.15) is 5.10 Å². The maximum Gasteiger partial charge on any atom is 0.573 e. The number of carbonyl (C=O) groups excluding carboxylic acids is 2. The summed E-state index contributed by atoms with van der Waals surface area (Å²) >= 11 is 0. The summed E-state index contributed by atoms with van der Waals surface area (Å²) < 4.78 is 70.1. The van der Waals surface area contributed by atoms with Crippen LogP contribution in [0.1, 0.15) is 54.1 Å². The molecule has 5 rings (SSSR count). The van der Waals surface area contributed by atoms with Gasteiger partial charge in [-0.15, -0.1) is 13.2 Å². The Labute approximate surface area is 231 Å². The quantitative estimate of drug-likeness (QED) is 0.239. The van der Waals surface area contributed by atoms with Crippen molar-refractivity contribution < 1.29 is 51.3 Å². The molecular weight excluding hydrogens is 573 g/mol. The number of aliphatic hydroxyl groups excluding tert-OH is 1. The Morgan fingerprint density at radius 3 is 2.52 bits per heavy atom. The van der Waals surface area contributed by atoms with E-state index >= 15 is 0 Å². The van der Waals surface area contributed by atoms with Crippen LogP contribution in [0.3, 0.4) is 0 Å². The van der Waals surface area contributed by atoms with Crippen LogP contribution in [0, 0.1) is 11.6 Å². The van der Waals surface area contributed by atoms with E-state index in [0.717, 1.165) is 35.0 Å². The molecule has 1 aliphatic carbocycles. The third-order valence-electron chi connectivity index (χ3n) is 6.39. The molecular formula is C26H18F5N5O6. The fourth-order valence-electron chi connectivity index (χ4n) is 4.51. The largest absolute Gasteiger partial charge is 0.573 e. The minimum Gasteiger partial charge on any atom is -0.478 e. The van der Waals surface area contributed by atoms with Gasteiger partial charge in [-0.25, -0.2) is 23.1 Å². The van der Waals surface area contributed by atoms with Crippen molar-refractivity contribution in [3.8, 4) is 5.75 Å².